The van der Waals surface area contributed by atoms with E-state index in [0.717, 1.165) is 5.56 Å². The van der Waals surface area contributed by atoms with Crippen molar-refractivity contribution in [2.24, 2.45) is 0 Å². The lowest BCUT2D eigenvalue weighted by Gasteiger charge is -2.42. The average molecular weight is 577 g/mol. The van der Waals surface area contributed by atoms with Crippen molar-refractivity contribution < 1.29 is 38.1 Å². The Kier molecular flexibility index (Phi) is 10.5. The van der Waals surface area contributed by atoms with Crippen LogP contribution in [0.25, 0.3) is 0 Å². The Hall–Kier alpha value is -3.54. The van der Waals surface area contributed by atoms with Crippen molar-refractivity contribution in [3.63, 3.8) is 0 Å². The molecule has 2 saturated heterocycles. The molecule has 2 aliphatic rings. The van der Waals surface area contributed by atoms with E-state index in [2.05, 4.69) is 5.32 Å². The third-order valence-corrected chi connectivity index (χ3v) is 6.62. The van der Waals surface area contributed by atoms with E-state index in [0.29, 0.717) is 19.5 Å². The first-order valence-electron chi connectivity index (χ1n) is 13.9. The molecule has 12 heteroatoms. The number of esters is 1. The molecule has 41 heavy (non-hydrogen) atoms. The number of nitrogens with zero attached hydrogens (tertiary/aromatic N) is 3. The molecule has 0 bridgehead atoms. The van der Waals surface area contributed by atoms with Crippen molar-refractivity contribution in [3.05, 3.63) is 35.9 Å². The van der Waals surface area contributed by atoms with Crippen LogP contribution >= 0.6 is 0 Å². The number of benzene rings is 1. The molecule has 1 aromatic rings. The number of piperazine rings is 1. The molecule has 2 aliphatic heterocycles. The van der Waals surface area contributed by atoms with Gasteiger partial charge in [0.15, 0.2) is 0 Å². The van der Waals surface area contributed by atoms with Crippen LogP contribution in [0.15, 0.2) is 30.3 Å². The topological polar surface area (TPSA) is 127 Å². The van der Waals surface area contributed by atoms with Crippen molar-refractivity contribution in [2.75, 3.05) is 39.8 Å². The molecule has 2 fully saturated rings. The lowest BCUT2D eigenvalue weighted by atomic mass is 10.1. The number of hydrogen-bond donors (Lipinski definition) is 1. The minimum atomic E-state index is -0.813. The SMILES string of the molecule is COC(=O)[C@@H]1C[C@H](NCC2CN(C(=O)OC(C)(C)C)CCN2C(=O)OC(C)(C)C)CN1C(=O)OCc1ccccc1. The Balaban J connectivity index is 1.68. The van der Waals surface area contributed by atoms with Gasteiger partial charge in [0, 0.05) is 38.8 Å². The minimum absolute atomic E-state index is 0.0790. The summed E-state index contributed by atoms with van der Waals surface area (Å²) in [6.07, 6.45) is -1.23. The number of hydrogen-bond acceptors (Lipinski definition) is 9. The van der Waals surface area contributed by atoms with Gasteiger partial charge in [-0.05, 0) is 53.5 Å². The maximum absolute atomic E-state index is 13.0. The van der Waals surface area contributed by atoms with Gasteiger partial charge in [-0.1, -0.05) is 30.3 Å². The van der Waals surface area contributed by atoms with Crippen LogP contribution in [0.4, 0.5) is 14.4 Å². The third kappa shape index (κ3) is 9.51. The van der Waals surface area contributed by atoms with Gasteiger partial charge in [0.25, 0.3) is 0 Å². The van der Waals surface area contributed by atoms with Crippen LogP contribution in [0, 0.1) is 0 Å². The van der Waals surface area contributed by atoms with Gasteiger partial charge < -0.3 is 34.1 Å². The second-order valence-corrected chi connectivity index (χ2v) is 12.3. The number of methoxy groups -OCH3 is 1. The zero-order valence-corrected chi connectivity index (χ0v) is 25.2. The fourth-order valence-corrected chi connectivity index (χ4v) is 4.73. The van der Waals surface area contributed by atoms with Crippen molar-refractivity contribution in [3.8, 4) is 0 Å². The fraction of sp³-hybridized carbons (Fsp3) is 0.655. The Labute approximate surface area is 242 Å². The summed E-state index contributed by atoms with van der Waals surface area (Å²) in [4.78, 5) is 55.9. The number of rotatable bonds is 6. The molecule has 228 valence electrons. The quantitative estimate of drug-likeness (QED) is 0.400. The number of carbonyl (C=O) groups excluding carboxylic acids is 4. The molecule has 12 nitrogen and oxygen atoms in total. The number of nitrogens with one attached hydrogen (secondary N) is 1. The normalized spacial score (nSPS) is 21.3. The van der Waals surface area contributed by atoms with Crippen LogP contribution < -0.4 is 5.32 Å². The van der Waals surface area contributed by atoms with Crippen LogP contribution in [0.3, 0.4) is 0 Å². The Morgan fingerprint density at radius 2 is 1.49 bits per heavy atom. The second kappa shape index (κ2) is 13.4. The van der Waals surface area contributed by atoms with Crippen LogP contribution in [0.1, 0.15) is 53.5 Å². The predicted octanol–water partition coefficient (Wildman–Crippen LogP) is 3.39. The van der Waals surface area contributed by atoms with Gasteiger partial charge in [0.2, 0.25) is 0 Å². The lowest BCUT2D eigenvalue weighted by molar-refractivity contribution is -0.145. The molecule has 0 spiro atoms. The first kappa shape index (κ1) is 32.0. The van der Waals surface area contributed by atoms with Gasteiger partial charge in [-0.15, -0.1) is 0 Å². The van der Waals surface area contributed by atoms with Gasteiger partial charge in [0.05, 0.1) is 13.2 Å². The van der Waals surface area contributed by atoms with Gasteiger partial charge >= 0.3 is 24.2 Å². The van der Waals surface area contributed by atoms with Gasteiger partial charge in [-0.2, -0.15) is 0 Å². The summed E-state index contributed by atoms with van der Waals surface area (Å²) in [7, 11) is 1.28. The minimum Gasteiger partial charge on any atom is -0.467 e. The van der Waals surface area contributed by atoms with Crippen LogP contribution in [0.2, 0.25) is 0 Å². The summed E-state index contributed by atoms with van der Waals surface area (Å²) in [6.45, 7) is 12.2. The molecular weight excluding hydrogens is 532 g/mol. The Morgan fingerprint density at radius 1 is 0.854 bits per heavy atom. The maximum Gasteiger partial charge on any atom is 0.410 e. The molecule has 1 N–H and O–H groups in total. The fourth-order valence-electron chi connectivity index (χ4n) is 4.73. The van der Waals surface area contributed by atoms with E-state index < -0.39 is 47.5 Å². The highest BCUT2D eigenvalue weighted by Crippen LogP contribution is 2.23. The van der Waals surface area contributed by atoms with E-state index in [1.54, 1.807) is 51.3 Å². The van der Waals surface area contributed by atoms with Crippen molar-refractivity contribution >= 4 is 24.2 Å². The summed E-state index contributed by atoms with van der Waals surface area (Å²) in [5.41, 5.74) is -0.506. The average Bonchev–Trinajstić information content (AvgIpc) is 3.33. The van der Waals surface area contributed by atoms with Crippen molar-refractivity contribution in [1.29, 1.82) is 0 Å². The zero-order chi connectivity index (χ0) is 30.4. The molecule has 2 heterocycles. The summed E-state index contributed by atoms with van der Waals surface area (Å²) in [5, 5.41) is 3.39. The summed E-state index contributed by atoms with van der Waals surface area (Å²) >= 11 is 0. The van der Waals surface area contributed by atoms with Gasteiger partial charge in [-0.3, -0.25) is 4.90 Å². The number of likely N-dealkylation sites (tertiary alicyclic amines) is 1. The smallest absolute Gasteiger partial charge is 0.410 e. The third-order valence-electron chi connectivity index (χ3n) is 6.62. The van der Waals surface area contributed by atoms with Gasteiger partial charge in [0.1, 0.15) is 23.9 Å². The summed E-state index contributed by atoms with van der Waals surface area (Å²) in [6, 6.07) is 7.76. The number of carbonyl (C=O) groups is 4. The van der Waals surface area contributed by atoms with E-state index >= 15 is 0 Å². The number of ether oxygens (including phenoxy) is 4. The maximum atomic E-state index is 13.0. The molecular formula is C29H44N4O8. The molecule has 1 unspecified atom stereocenters. The molecule has 0 saturated carbocycles. The highest BCUT2D eigenvalue weighted by atomic mass is 16.6. The van der Waals surface area contributed by atoms with Gasteiger partial charge in [-0.25, -0.2) is 19.2 Å². The standard InChI is InChI=1S/C29H44N4O8/c1-28(2,3)40-25(35)31-13-14-32(27(37)41-29(4,5)6)22(18-31)16-30-21-15-23(24(34)38-7)33(17-21)26(36)39-19-20-11-9-8-10-12-20/h8-12,21-23,30H,13-19H2,1-7H3/t21-,22?,23-/m0/s1. The monoisotopic (exact) mass is 576 g/mol. The zero-order valence-electron chi connectivity index (χ0n) is 25.2. The molecule has 3 rings (SSSR count). The molecule has 3 amide bonds. The van der Waals surface area contributed by atoms with Crippen molar-refractivity contribution in [1.82, 2.24) is 20.0 Å². The lowest BCUT2D eigenvalue weighted by Crippen LogP contribution is -2.61. The predicted molar refractivity (Wildman–Crippen MR) is 150 cm³/mol. The molecule has 3 atom stereocenters. The van der Waals surface area contributed by atoms with Crippen LogP contribution in [-0.2, 0) is 30.3 Å². The van der Waals surface area contributed by atoms with E-state index in [9.17, 15) is 19.2 Å². The van der Waals surface area contributed by atoms with E-state index in [1.165, 1.54) is 12.0 Å². The highest BCUT2D eigenvalue weighted by molar-refractivity contribution is 5.82. The first-order chi connectivity index (χ1) is 19.2. The van der Waals surface area contributed by atoms with E-state index in [1.807, 2.05) is 30.3 Å². The highest BCUT2D eigenvalue weighted by Gasteiger charge is 2.42. The largest absolute Gasteiger partial charge is 0.467 e. The summed E-state index contributed by atoms with van der Waals surface area (Å²) in [5.74, 6) is -0.532. The van der Waals surface area contributed by atoms with Crippen LogP contribution in [-0.4, -0.2) is 108 Å². The van der Waals surface area contributed by atoms with E-state index in [4.69, 9.17) is 18.9 Å². The molecule has 0 aromatic heterocycles. The molecule has 0 radical (unpaired) electrons. The Bertz CT molecular complexity index is 1070. The number of amides is 3. The molecule has 1 aromatic carbocycles. The molecule has 0 aliphatic carbocycles. The first-order valence-corrected chi connectivity index (χ1v) is 13.9. The van der Waals surface area contributed by atoms with Crippen LogP contribution in [0.5, 0.6) is 0 Å². The van der Waals surface area contributed by atoms with Crippen molar-refractivity contribution in [2.45, 2.75) is 83.9 Å². The second-order valence-electron chi connectivity index (χ2n) is 12.3. The van der Waals surface area contributed by atoms with E-state index in [-0.39, 0.29) is 32.3 Å². The summed E-state index contributed by atoms with van der Waals surface area (Å²) < 4.78 is 21.6. The Morgan fingerprint density at radius 3 is 2.10 bits per heavy atom.